The molecule has 2 fully saturated rings. The highest BCUT2D eigenvalue weighted by Crippen LogP contribution is 2.38. The normalized spacial score (nSPS) is 17.8. The van der Waals surface area contributed by atoms with Gasteiger partial charge in [0.05, 0.1) is 10.4 Å². The first-order chi connectivity index (χ1) is 14.9. The van der Waals surface area contributed by atoms with Crippen LogP contribution in [0.4, 0.5) is 0 Å². The Morgan fingerprint density at radius 3 is 2.45 bits per heavy atom. The van der Waals surface area contributed by atoms with E-state index in [4.69, 9.17) is 4.74 Å². The Bertz CT molecular complexity index is 1230. The molecule has 1 saturated heterocycles. The van der Waals surface area contributed by atoms with Crippen LogP contribution in [0.15, 0.2) is 40.9 Å². The van der Waals surface area contributed by atoms with Gasteiger partial charge in [-0.15, -0.1) is 11.3 Å². The Kier molecular flexibility index (Phi) is 5.18. The van der Waals surface area contributed by atoms with Gasteiger partial charge in [-0.1, -0.05) is 12.1 Å². The van der Waals surface area contributed by atoms with Gasteiger partial charge < -0.3 is 9.64 Å². The van der Waals surface area contributed by atoms with Crippen LogP contribution in [0.3, 0.4) is 0 Å². The highest BCUT2D eigenvalue weighted by molar-refractivity contribution is 7.90. The molecule has 1 aromatic carbocycles. The number of carbonyl (C=O) groups excluding carboxylic acids is 1. The van der Waals surface area contributed by atoms with E-state index in [1.807, 2.05) is 10.3 Å². The summed E-state index contributed by atoms with van der Waals surface area (Å²) in [5, 5.41) is 2.00. The minimum atomic E-state index is -3.23. The zero-order valence-corrected chi connectivity index (χ0v) is 18.8. The van der Waals surface area contributed by atoms with Gasteiger partial charge in [0.1, 0.15) is 17.1 Å². The Morgan fingerprint density at radius 2 is 1.81 bits per heavy atom. The zero-order chi connectivity index (χ0) is 21.6. The van der Waals surface area contributed by atoms with Crippen molar-refractivity contribution < 1.29 is 17.9 Å². The number of fused-ring (bicyclic) bond motifs is 1. The molecule has 0 atom stereocenters. The summed E-state index contributed by atoms with van der Waals surface area (Å²) in [5.41, 5.74) is 2.62. The predicted molar refractivity (Wildman–Crippen MR) is 119 cm³/mol. The van der Waals surface area contributed by atoms with Crippen molar-refractivity contribution in [3.8, 4) is 17.0 Å². The maximum atomic E-state index is 12.2. The summed E-state index contributed by atoms with van der Waals surface area (Å²) in [4.78, 5) is 23.3. The molecule has 31 heavy (non-hydrogen) atoms. The standard InChI is InChI=1S/C22H23N3O4S2/c1-31(27,28)17-6-4-14(5-7-17)18-12-30-20-19(18)23-13-24-21(20)29-16-8-10-25(11-9-16)22(26)15-2-3-15/h4-7,12-13,15-16H,2-3,8-11H2,1H3. The summed E-state index contributed by atoms with van der Waals surface area (Å²) in [6.07, 6.45) is 6.40. The van der Waals surface area contributed by atoms with Crippen molar-refractivity contribution in [3.05, 3.63) is 36.0 Å². The SMILES string of the molecule is CS(=O)(=O)c1ccc(-c2csc3c(OC4CCN(C(=O)C5CC5)CC4)ncnc23)cc1. The van der Waals surface area contributed by atoms with Crippen molar-refractivity contribution in [1.82, 2.24) is 14.9 Å². The minimum Gasteiger partial charge on any atom is -0.473 e. The first kappa shape index (κ1) is 20.4. The molecular formula is C22H23N3O4S2. The van der Waals surface area contributed by atoms with Crippen LogP contribution in [-0.4, -0.2) is 54.6 Å². The van der Waals surface area contributed by atoms with Crippen molar-refractivity contribution in [3.63, 3.8) is 0 Å². The van der Waals surface area contributed by atoms with E-state index in [0.29, 0.717) is 16.7 Å². The van der Waals surface area contributed by atoms with E-state index in [2.05, 4.69) is 9.97 Å². The van der Waals surface area contributed by atoms with Gasteiger partial charge in [-0.05, 0) is 30.5 Å². The lowest BCUT2D eigenvalue weighted by Crippen LogP contribution is -2.42. The van der Waals surface area contributed by atoms with Gasteiger partial charge in [0.2, 0.25) is 11.8 Å². The van der Waals surface area contributed by atoms with Gasteiger partial charge in [0, 0.05) is 49.0 Å². The molecule has 162 valence electrons. The van der Waals surface area contributed by atoms with Crippen LogP contribution in [0.2, 0.25) is 0 Å². The fourth-order valence-corrected chi connectivity index (χ4v) is 5.53. The quantitative estimate of drug-likeness (QED) is 0.582. The molecule has 5 rings (SSSR count). The maximum absolute atomic E-state index is 12.2. The molecule has 7 nitrogen and oxygen atoms in total. The number of hydrogen-bond acceptors (Lipinski definition) is 7. The smallest absolute Gasteiger partial charge is 0.235 e. The van der Waals surface area contributed by atoms with Gasteiger partial charge in [-0.25, -0.2) is 18.4 Å². The summed E-state index contributed by atoms with van der Waals surface area (Å²) < 4.78 is 30.5. The molecule has 1 amide bonds. The predicted octanol–water partition coefficient (Wildman–Crippen LogP) is 3.54. The molecule has 0 unspecified atom stereocenters. The number of nitrogens with zero attached hydrogens (tertiary/aromatic N) is 3. The number of hydrogen-bond donors (Lipinski definition) is 0. The number of sulfone groups is 1. The lowest BCUT2D eigenvalue weighted by atomic mass is 10.1. The zero-order valence-electron chi connectivity index (χ0n) is 17.2. The number of likely N-dealkylation sites (tertiary alicyclic amines) is 1. The number of benzene rings is 1. The summed E-state index contributed by atoms with van der Waals surface area (Å²) in [6.45, 7) is 1.47. The summed E-state index contributed by atoms with van der Waals surface area (Å²) in [7, 11) is -3.23. The highest BCUT2D eigenvalue weighted by Gasteiger charge is 2.35. The number of thiophene rings is 1. The Morgan fingerprint density at radius 1 is 1.10 bits per heavy atom. The van der Waals surface area contributed by atoms with E-state index in [1.165, 1.54) is 23.9 Å². The molecule has 3 aromatic rings. The molecule has 0 radical (unpaired) electrons. The molecule has 0 spiro atoms. The van der Waals surface area contributed by atoms with Crippen molar-refractivity contribution in [2.45, 2.75) is 36.7 Å². The van der Waals surface area contributed by atoms with Crippen molar-refractivity contribution in [1.29, 1.82) is 0 Å². The first-order valence-corrected chi connectivity index (χ1v) is 13.2. The largest absolute Gasteiger partial charge is 0.473 e. The van der Waals surface area contributed by atoms with Gasteiger partial charge in [0.15, 0.2) is 9.84 Å². The van der Waals surface area contributed by atoms with Gasteiger partial charge in [-0.3, -0.25) is 4.79 Å². The average Bonchev–Trinajstić information content (AvgIpc) is 3.52. The van der Waals surface area contributed by atoms with Crippen LogP contribution >= 0.6 is 11.3 Å². The van der Waals surface area contributed by atoms with E-state index < -0.39 is 9.84 Å². The second-order valence-corrected chi connectivity index (χ2v) is 11.1. The second-order valence-electron chi connectivity index (χ2n) is 8.22. The number of carbonyl (C=O) groups is 1. The molecule has 3 heterocycles. The highest BCUT2D eigenvalue weighted by atomic mass is 32.2. The number of rotatable bonds is 5. The average molecular weight is 458 g/mol. The van der Waals surface area contributed by atoms with E-state index in [1.54, 1.807) is 24.3 Å². The summed E-state index contributed by atoms with van der Waals surface area (Å²) >= 11 is 1.52. The van der Waals surface area contributed by atoms with Gasteiger partial charge in [0.25, 0.3) is 0 Å². The number of ether oxygens (including phenoxy) is 1. The van der Waals surface area contributed by atoms with Crippen LogP contribution < -0.4 is 4.74 Å². The van der Waals surface area contributed by atoms with Crippen LogP contribution in [0.5, 0.6) is 5.88 Å². The van der Waals surface area contributed by atoms with Crippen LogP contribution in [0, 0.1) is 5.92 Å². The monoisotopic (exact) mass is 457 g/mol. The third-order valence-corrected chi connectivity index (χ3v) is 7.96. The van der Waals surface area contributed by atoms with Crippen LogP contribution in [-0.2, 0) is 14.6 Å². The lowest BCUT2D eigenvalue weighted by molar-refractivity contribution is -0.134. The molecule has 2 aliphatic rings. The number of piperidine rings is 1. The van der Waals surface area contributed by atoms with Crippen molar-refractivity contribution >= 4 is 37.3 Å². The molecule has 9 heteroatoms. The fourth-order valence-electron chi connectivity index (χ4n) is 3.94. The minimum absolute atomic E-state index is 0.0287. The van der Waals surface area contributed by atoms with E-state index in [9.17, 15) is 13.2 Å². The Balaban J connectivity index is 1.33. The third-order valence-electron chi connectivity index (χ3n) is 5.87. The third kappa shape index (κ3) is 4.16. The molecule has 1 aliphatic heterocycles. The number of aromatic nitrogens is 2. The molecule has 2 aromatic heterocycles. The maximum Gasteiger partial charge on any atom is 0.235 e. The van der Waals surface area contributed by atoms with Gasteiger partial charge >= 0.3 is 0 Å². The fraction of sp³-hybridized carbons (Fsp3) is 0.409. The molecule has 1 saturated carbocycles. The number of amides is 1. The molecular weight excluding hydrogens is 434 g/mol. The van der Waals surface area contributed by atoms with E-state index in [0.717, 1.165) is 60.1 Å². The van der Waals surface area contributed by atoms with Crippen molar-refractivity contribution in [2.24, 2.45) is 5.92 Å². The first-order valence-electron chi connectivity index (χ1n) is 10.4. The Labute approximate surface area is 185 Å². The van der Waals surface area contributed by atoms with Crippen LogP contribution in [0.25, 0.3) is 21.3 Å². The lowest BCUT2D eigenvalue weighted by Gasteiger charge is -2.32. The second kappa shape index (κ2) is 7.87. The Hall–Kier alpha value is -2.52. The molecule has 0 N–H and O–H groups in total. The van der Waals surface area contributed by atoms with E-state index >= 15 is 0 Å². The topological polar surface area (TPSA) is 89.5 Å². The summed E-state index contributed by atoms with van der Waals surface area (Å²) in [6, 6.07) is 6.83. The summed E-state index contributed by atoms with van der Waals surface area (Å²) in [5.74, 6) is 1.13. The van der Waals surface area contributed by atoms with Crippen molar-refractivity contribution in [2.75, 3.05) is 19.3 Å². The molecule has 1 aliphatic carbocycles. The van der Waals surface area contributed by atoms with Crippen LogP contribution in [0.1, 0.15) is 25.7 Å². The molecule has 0 bridgehead atoms. The van der Waals surface area contributed by atoms with Gasteiger partial charge in [-0.2, -0.15) is 0 Å². The van der Waals surface area contributed by atoms with E-state index in [-0.39, 0.29) is 12.0 Å².